The lowest BCUT2D eigenvalue weighted by molar-refractivity contribution is 0.0995. The molecule has 0 atom stereocenters. The summed E-state index contributed by atoms with van der Waals surface area (Å²) in [6.07, 6.45) is 5.58. The van der Waals surface area contributed by atoms with E-state index in [4.69, 9.17) is 21.3 Å². The quantitative estimate of drug-likeness (QED) is 0.241. The van der Waals surface area contributed by atoms with Crippen LogP contribution in [0.15, 0.2) is 65.9 Å². The number of aromatic nitrogens is 2. The maximum absolute atomic E-state index is 11.4. The molecule has 0 bridgehead atoms. The summed E-state index contributed by atoms with van der Waals surface area (Å²) in [6, 6.07) is 16.3. The average Bonchev–Trinajstić information content (AvgIpc) is 2.83. The number of amidine groups is 1. The van der Waals surface area contributed by atoms with Gasteiger partial charge in [-0.2, -0.15) is 0 Å². The van der Waals surface area contributed by atoms with Crippen LogP contribution in [-0.4, -0.2) is 46.6 Å². The van der Waals surface area contributed by atoms with Gasteiger partial charge < -0.3 is 21.3 Å². The fraction of sp³-hybridized carbons (Fsp3) is 0.250. The van der Waals surface area contributed by atoms with Gasteiger partial charge in [0.25, 0.3) is 5.91 Å². The Labute approximate surface area is 187 Å². The highest BCUT2D eigenvalue weighted by Crippen LogP contribution is 2.23. The van der Waals surface area contributed by atoms with Gasteiger partial charge in [0.2, 0.25) is 0 Å². The van der Waals surface area contributed by atoms with Crippen LogP contribution in [0.5, 0.6) is 5.75 Å². The molecule has 0 aliphatic carbocycles. The van der Waals surface area contributed by atoms with Crippen molar-refractivity contribution in [3.05, 3.63) is 77.9 Å². The van der Waals surface area contributed by atoms with Crippen molar-refractivity contribution in [2.24, 2.45) is 16.5 Å². The maximum Gasteiger partial charge on any atom is 0.269 e. The van der Waals surface area contributed by atoms with Crippen molar-refractivity contribution in [3.63, 3.8) is 0 Å². The summed E-state index contributed by atoms with van der Waals surface area (Å²) < 4.78 is 5.39. The third-order valence-electron chi connectivity index (χ3n) is 4.83. The summed E-state index contributed by atoms with van der Waals surface area (Å²) in [5.41, 5.74) is 15.0. The molecular weight excluding hydrogens is 406 g/mol. The Morgan fingerprint density at radius 3 is 2.16 bits per heavy atom. The second-order valence-corrected chi connectivity index (χ2v) is 7.14. The molecule has 0 saturated heterocycles. The van der Waals surface area contributed by atoms with Gasteiger partial charge in [0, 0.05) is 18.9 Å². The molecule has 166 valence electrons. The van der Waals surface area contributed by atoms with Gasteiger partial charge in [-0.1, -0.05) is 36.4 Å². The van der Waals surface area contributed by atoms with Crippen molar-refractivity contribution in [2.75, 3.05) is 19.8 Å². The number of rotatable bonds is 11. The zero-order valence-corrected chi connectivity index (χ0v) is 17.8. The topological polar surface area (TPSA) is 137 Å². The summed E-state index contributed by atoms with van der Waals surface area (Å²) >= 11 is 0. The summed E-state index contributed by atoms with van der Waals surface area (Å²) in [7, 11) is 0. The first-order valence-corrected chi connectivity index (χ1v) is 10.4. The normalized spacial score (nSPS) is 11.3. The van der Waals surface area contributed by atoms with Crippen LogP contribution < -0.4 is 16.2 Å². The van der Waals surface area contributed by atoms with E-state index >= 15 is 0 Å². The summed E-state index contributed by atoms with van der Waals surface area (Å²) in [6.45, 7) is 0.824. The molecule has 8 heteroatoms. The van der Waals surface area contributed by atoms with Crippen LogP contribution in [0.3, 0.4) is 0 Å². The zero-order valence-electron chi connectivity index (χ0n) is 17.8. The Morgan fingerprint density at radius 1 is 0.906 bits per heavy atom. The van der Waals surface area contributed by atoms with Gasteiger partial charge in [0.1, 0.15) is 23.9 Å². The number of nitrogens with two attached hydrogens (primary N) is 2. The maximum atomic E-state index is 11.4. The van der Waals surface area contributed by atoms with E-state index in [1.165, 1.54) is 18.0 Å². The Morgan fingerprint density at radius 2 is 1.53 bits per heavy atom. The van der Waals surface area contributed by atoms with Gasteiger partial charge in [0.15, 0.2) is 5.69 Å². The second kappa shape index (κ2) is 11.6. The molecule has 0 saturated carbocycles. The summed E-state index contributed by atoms with van der Waals surface area (Å²) in [5.74, 6) is 0.234. The zero-order chi connectivity index (χ0) is 22.8. The smallest absolute Gasteiger partial charge is 0.269 e. The summed E-state index contributed by atoms with van der Waals surface area (Å²) in [5, 5.41) is 8.82. The number of aryl methyl sites for hydroxylation is 1. The molecule has 1 aromatic heterocycles. The third kappa shape index (κ3) is 6.36. The van der Waals surface area contributed by atoms with E-state index in [0.29, 0.717) is 13.2 Å². The number of hydrogen-bond acceptors (Lipinski definition) is 6. The van der Waals surface area contributed by atoms with Crippen LogP contribution in [-0.2, 0) is 6.42 Å². The van der Waals surface area contributed by atoms with E-state index in [1.54, 1.807) is 0 Å². The lowest BCUT2D eigenvalue weighted by atomic mass is 10.0. The lowest BCUT2D eigenvalue weighted by Gasteiger charge is -2.07. The number of hydrogen-bond donors (Lipinski definition) is 3. The van der Waals surface area contributed by atoms with Gasteiger partial charge in [-0.15, -0.1) is 0 Å². The van der Waals surface area contributed by atoms with Gasteiger partial charge in [-0.05, 0) is 48.1 Å². The number of aliphatic imine (C=N–C) groups is 1. The summed E-state index contributed by atoms with van der Waals surface area (Å²) in [4.78, 5) is 23.7. The largest absolute Gasteiger partial charge is 0.491 e. The van der Waals surface area contributed by atoms with Crippen LogP contribution >= 0.6 is 0 Å². The number of aliphatic hydroxyl groups is 1. The lowest BCUT2D eigenvalue weighted by Crippen LogP contribution is -2.24. The molecule has 3 rings (SSSR count). The molecule has 2 aromatic carbocycles. The molecular formula is C24H27N5O3. The Bertz CT molecular complexity index is 1050. The minimum atomic E-state index is -0.680. The standard InChI is InChI=1S/C24H27N5O3/c25-23(21-22(24(26)31)28-14-13-27-21)29-12-2-1-3-17-4-6-18(7-5-17)19-8-10-20(11-9-19)32-16-15-30/h4-11,13-14,30H,1-3,12,15-16H2,(H2,25,29)(H2,26,31). The van der Waals surface area contributed by atoms with Crippen LogP contribution in [0.4, 0.5) is 0 Å². The number of nitrogens with zero attached hydrogens (tertiary/aromatic N) is 3. The molecule has 5 N–H and O–H groups in total. The Balaban J connectivity index is 1.48. The van der Waals surface area contributed by atoms with Crippen LogP contribution in [0.25, 0.3) is 11.1 Å². The van der Waals surface area contributed by atoms with E-state index < -0.39 is 5.91 Å². The fourth-order valence-corrected chi connectivity index (χ4v) is 3.19. The number of unbranched alkanes of at least 4 members (excludes halogenated alkanes) is 1. The fourth-order valence-electron chi connectivity index (χ4n) is 3.19. The van der Waals surface area contributed by atoms with E-state index in [1.807, 2.05) is 24.3 Å². The van der Waals surface area contributed by atoms with Crippen molar-refractivity contribution in [1.29, 1.82) is 0 Å². The van der Waals surface area contributed by atoms with Crippen LogP contribution in [0, 0.1) is 0 Å². The van der Waals surface area contributed by atoms with E-state index in [-0.39, 0.29) is 23.8 Å². The molecule has 0 aliphatic heterocycles. The van der Waals surface area contributed by atoms with Gasteiger partial charge >= 0.3 is 0 Å². The van der Waals surface area contributed by atoms with Gasteiger partial charge in [0.05, 0.1) is 6.61 Å². The number of benzene rings is 2. The minimum absolute atomic E-state index is 0.000880. The Kier molecular flexibility index (Phi) is 8.28. The number of amides is 1. The molecule has 1 heterocycles. The van der Waals surface area contributed by atoms with E-state index in [0.717, 1.165) is 36.1 Å². The highest BCUT2D eigenvalue weighted by Gasteiger charge is 2.13. The predicted molar refractivity (Wildman–Crippen MR) is 124 cm³/mol. The van der Waals surface area contributed by atoms with Crippen molar-refractivity contribution in [1.82, 2.24) is 9.97 Å². The molecule has 0 unspecified atom stereocenters. The van der Waals surface area contributed by atoms with Crippen molar-refractivity contribution < 1.29 is 14.6 Å². The first-order valence-electron chi connectivity index (χ1n) is 10.4. The van der Waals surface area contributed by atoms with Gasteiger partial charge in [-0.25, -0.2) is 9.97 Å². The van der Waals surface area contributed by atoms with Crippen LogP contribution in [0.1, 0.15) is 34.6 Å². The highest BCUT2D eigenvalue weighted by molar-refractivity contribution is 6.05. The number of carbonyl (C=O) groups excluding carboxylic acids is 1. The first kappa shape index (κ1) is 22.9. The minimum Gasteiger partial charge on any atom is -0.491 e. The number of carbonyl (C=O) groups is 1. The third-order valence-corrected chi connectivity index (χ3v) is 4.83. The van der Waals surface area contributed by atoms with Gasteiger partial charge in [-0.3, -0.25) is 9.79 Å². The SMILES string of the molecule is NC(=O)c1nccnc1C(N)=NCCCCc1ccc(-c2ccc(OCCO)cc2)cc1. The molecule has 3 aromatic rings. The van der Waals surface area contributed by atoms with Crippen molar-refractivity contribution in [3.8, 4) is 16.9 Å². The molecule has 0 fully saturated rings. The molecule has 8 nitrogen and oxygen atoms in total. The highest BCUT2D eigenvalue weighted by atomic mass is 16.5. The molecule has 32 heavy (non-hydrogen) atoms. The molecule has 0 radical (unpaired) electrons. The van der Waals surface area contributed by atoms with E-state index in [9.17, 15) is 4.79 Å². The molecule has 0 spiro atoms. The molecule has 1 amide bonds. The number of aliphatic hydroxyl groups excluding tert-OH is 1. The number of ether oxygens (including phenoxy) is 1. The second-order valence-electron chi connectivity index (χ2n) is 7.14. The van der Waals surface area contributed by atoms with Crippen LogP contribution in [0.2, 0.25) is 0 Å². The predicted octanol–water partition coefficient (Wildman–Crippen LogP) is 2.34. The first-order chi connectivity index (χ1) is 15.6. The van der Waals surface area contributed by atoms with E-state index in [2.05, 4.69) is 39.2 Å². The van der Waals surface area contributed by atoms with Crippen molar-refractivity contribution >= 4 is 11.7 Å². The molecule has 0 aliphatic rings. The monoisotopic (exact) mass is 433 g/mol. The van der Waals surface area contributed by atoms with Crippen molar-refractivity contribution in [2.45, 2.75) is 19.3 Å². The Hall–Kier alpha value is -3.78. The number of primary amides is 1. The average molecular weight is 434 g/mol.